The van der Waals surface area contributed by atoms with Gasteiger partial charge in [-0.15, -0.1) is 22.7 Å². The van der Waals surface area contributed by atoms with E-state index in [2.05, 4.69) is 9.97 Å². The van der Waals surface area contributed by atoms with Crippen molar-refractivity contribution < 1.29 is 38.1 Å². The molecule has 6 rings (SSSR count). The average molecular weight is 657 g/mol. The molecule has 12 heteroatoms. The molecule has 0 unspecified atom stereocenters. The molecule has 0 N–H and O–H groups in total. The van der Waals surface area contributed by atoms with Crippen LogP contribution < -0.4 is 9.47 Å². The van der Waals surface area contributed by atoms with Gasteiger partial charge in [-0.3, -0.25) is 19.6 Å². The zero-order valence-corrected chi connectivity index (χ0v) is 27.0. The van der Waals surface area contributed by atoms with E-state index >= 15 is 0 Å². The number of ketones is 2. The number of benzene rings is 1. The summed E-state index contributed by atoms with van der Waals surface area (Å²) in [5.41, 5.74) is 1.05. The van der Waals surface area contributed by atoms with E-state index in [0.29, 0.717) is 39.7 Å². The molecule has 0 atom stereocenters. The van der Waals surface area contributed by atoms with E-state index in [0.717, 1.165) is 37.2 Å². The van der Waals surface area contributed by atoms with Crippen LogP contribution in [0.3, 0.4) is 0 Å². The van der Waals surface area contributed by atoms with E-state index < -0.39 is 5.97 Å². The summed E-state index contributed by atoms with van der Waals surface area (Å²) in [6, 6.07) is 7.05. The quantitative estimate of drug-likeness (QED) is 0.131. The maximum absolute atomic E-state index is 12.4. The van der Waals surface area contributed by atoms with Gasteiger partial charge in [0.1, 0.15) is 11.5 Å². The van der Waals surface area contributed by atoms with Crippen LogP contribution in [-0.4, -0.2) is 60.9 Å². The normalized spacial score (nSPS) is 12.2. The van der Waals surface area contributed by atoms with Crippen LogP contribution in [0.4, 0.5) is 0 Å². The van der Waals surface area contributed by atoms with Gasteiger partial charge in [-0.1, -0.05) is 0 Å². The molecular formula is C34H28N2O8S2. The Kier molecular flexibility index (Phi) is 9.99. The third kappa shape index (κ3) is 6.44. The average Bonchev–Trinajstić information content (AvgIpc) is 3.70. The van der Waals surface area contributed by atoms with Gasteiger partial charge >= 0.3 is 11.9 Å². The second-order valence-corrected chi connectivity index (χ2v) is 11.7. The van der Waals surface area contributed by atoms with Gasteiger partial charge in [-0.05, 0) is 50.3 Å². The van der Waals surface area contributed by atoms with Crippen molar-refractivity contribution in [2.24, 2.45) is 0 Å². The zero-order valence-electron chi connectivity index (χ0n) is 25.3. The second-order valence-electron chi connectivity index (χ2n) is 9.52. The standard InChI is InChI=1S/C18H17NO4S.C16H11NO4S/c1-4-23-15(20)6-5-11-9-13-16(21-2)14-10-19-8-7-12(14)17(22-3)18(13)24-11;1-2-21-13(18)4-3-9-7-11-14(19)12-8-17-6-5-10(12)15(20)16(11)22-9/h5-10H,4H2,1-3H3;3-8H,2H2,1H3/b6-5+;4-3+. The molecule has 0 aliphatic heterocycles. The molecule has 1 aliphatic carbocycles. The fourth-order valence-electron chi connectivity index (χ4n) is 4.84. The molecule has 0 radical (unpaired) electrons. The number of hydrogen-bond donors (Lipinski definition) is 0. The number of rotatable bonds is 8. The van der Waals surface area contributed by atoms with E-state index in [1.165, 1.54) is 47.2 Å². The number of hydrogen-bond acceptors (Lipinski definition) is 12. The summed E-state index contributed by atoms with van der Waals surface area (Å²) < 4.78 is 21.9. The van der Waals surface area contributed by atoms with Gasteiger partial charge in [-0.2, -0.15) is 0 Å². The molecule has 4 aromatic heterocycles. The lowest BCUT2D eigenvalue weighted by atomic mass is 9.90. The molecule has 0 amide bonds. The highest BCUT2D eigenvalue weighted by Crippen LogP contribution is 2.46. The first-order valence-corrected chi connectivity index (χ1v) is 15.7. The number of carbonyl (C=O) groups excluding carboxylic acids is 4. The van der Waals surface area contributed by atoms with Gasteiger partial charge in [0, 0.05) is 74.0 Å². The van der Waals surface area contributed by atoms with Crippen molar-refractivity contribution in [2.75, 3.05) is 27.4 Å². The first kappa shape index (κ1) is 32.2. The maximum atomic E-state index is 12.4. The van der Waals surface area contributed by atoms with Crippen molar-refractivity contribution in [3.8, 4) is 11.5 Å². The van der Waals surface area contributed by atoms with Gasteiger partial charge in [0.2, 0.25) is 5.78 Å². The number of carbonyl (C=O) groups is 4. The molecule has 0 saturated carbocycles. The Morgan fingerprint density at radius 2 is 1.35 bits per heavy atom. The summed E-state index contributed by atoms with van der Waals surface area (Å²) in [5.74, 6) is 0.310. The first-order valence-electron chi connectivity index (χ1n) is 14.1. The van der Waals surface area contributed by atoms with Gasteiger partial charge < -0.3 is 18.9 Å². The minimum Gasteiger partial charge on any atom is -0.495 e. The molecule has 0 bridgehead atoms. The Bertz CT molecular complexity index is 1930. The van der Waals surface area contributed by atoms with Crippen LogP contribution >= 0.6 is 22.7 Å². The van der Waals surface area contributed by atoms with Crippen molar-refractivity contribution in [3.63, 3.8) is 0 Å². The van der Waals surface area contributed by atoms with E-state index in [1.54, 1.807) is 64.7 Å². The molecule has 4 heterocycles. The molecule has 46 heavy (non-hydrogen) atoms. The van der Waals surface area contributed by atoms with Crippen LogP contribution in [0.2, 0.25) is 0 Å². The molecule has 234 valence electrons. The van der Waals surface area contributed by atoms with E-state index in [4.69, 9.17) is 18.9 Å². The van der Waals surface area contributed by atoms with Crippen LogP contribution in [0.25, 0.3) is 33.0 Å². The lowest BCUT2D eigenvalue weighted by Crippen LogP contribution is -2.18. The number of pyridine rings is 2. The predicted octanol–water partition coefficient (Wildman–Crippen LogP) is 6.54. The fraction of sp³-hybridized carbons (Fsp3) is 0.176. The number of nitrogens with zero attached hydrogens (tertiary/aromatic N) is 2. The van der Waals surface area contributed by atoms with Crippen LogP contribution in [-0.2, 0) is 19.1 Å². The molecule has 0 saturated heterocycles. The van der Waals surface area contributed by atoms with Gasteiger partial charge in [0.15, 0.2) is 5.78 Å². The number of aromatic nitrogens is 2. The topological polar surface area (TPSA) is 131 Å². The smallest absolute Gasteiger partial charge is 0.330 e. The Balaban J connectivity index is 0.000000182. The van der Waals surface area contributed by atoms with Gasteiger partial charge in [-0.25, -0.2) is 9.59 Å². The van der Waals surface area contributed by atoms with Gasteiger partial charge in [0.25, 0.3) is 0 Å². The van der Waals surface area contributed by atoms with Crippen LogP contribution in [0, 0.1) is 0 Å². The molecule has 0 spiro atoms. The first-order chi connectivity index (χ1) is 22.3. The maximum Gasteiger partial charge on any atom is 0.330 e. The minimum atomic E-state index is -0.459. The predicted molar refractivity (Wildman–Crippen MR) is 177 cm³/mol. The Hall–Kier alpha value is -5.20. The van der Waals surface area contributed by atoms with Crippen molar-refractivity contribution in [1.29, 1.82) is 0 Å². The number of esters is 2. The third-order valence-electron chi connectivity index (χ3n) is 6.77. The molecule has 0 fully saturated rings. The molecular weight excluding hydrogens is 629 g/mol. The highest BCUT2D eigenvalue weighted by atomic mass is 32.1. The van der Waals surface area contributed by atoms with E-state index in [1.807, 2.05) is 12.1 Å². The highest BCUT2D eigenvalue weighted by molar-refractivity contribution is 7.20. The Morgan fingerprint density at radius 3 is 2.00 bits per heavy atom. The largest absolute Gasteiger partial charge is 0.495 e. The van der Waals surface area contributed by atoms with Crippen LogP contribution in [0.1, 0.15) is 54.8 Å². The molecule has 5 aromatic rings. The van der Waals surface area contributed by atoms with Gasteiger partial charge in [0.05, 0.1) is 42.6 Å². The fourth-order valence-corrected chi connectivity index (χ4v) is 6.95. The lowest BCUT2D eigenvalue weighted by Gasteiger charge is -2.12. The van der Waals surface area contributed by atoms with Crippen molar-refractivity contribution in [3.05, 3.63) is 92.5 Å². The zero-order chi connectivity index (χ0) is 32.8. The molecule has 10 nitrogen and oxygen atoms in total. The summed E-state index contributed by atoms with van der Waals surface area (Å²) in [6.07, 6.45) is 12.4. The third-order valence-corrected chi connectivity index (χ3v) is 8.97. The number of ether oxygens (including phenoxy) is 4. The monoisotopic (exact) mass is 656 g/mol. The Labute approximate surface area is 271 Å². The molecule has 1 aliphatic rings. The van der Waals surface area contributed by atoms with E-state index in [9.17, 15) is 19.2 Å². The summed E-state index contributed by atoms with van der Waals surface area (Å²) in [5, 5.41) is 2.77. The highest BCUT2D eigenvalue weighted by Gasteiger charge is 2.31. The van der Waals surface area contributed by atoms with E-state index in [-0.39, 0.29) is 17.5 Å². The summed E-state index contributed by atoms with van der Waals surface area (Å²) in [4.78, 5) is 57.7. The number of methoxy groups -OCH3 is 2. The van der Waals surface area contributed by atoms with Crippen molar-refractivity contribution in [2.45, 2.75) is 13.8 Å². The summed E-state index contributed by atoms with van der Waals surface area (Å²) in [6.45, 7) is 4.15. The summed E-state index contributed by atoms with van der Waals surface area (Å²) in [7, 11) is 3.29. The second kappa shape index (κ2) is 14.3. The van der Waals surface area contributed by atoms with Crippen molar-refractivity contribution >= 4 is 79.2 Å². The SMILES string of the molecule is CCOC(=O)/C=C/c1cc2c(OC)c3cnccc3c(OC)c2s1.CCOC(=O)/C=C/c1cc2c(s1)C(=O)c1ccncc1C2=O. The lowest BCUT2D eigenvalue weighted by molar-refractivity contribution is -0.138. The molecule has 1 aromatic carbocycles. The Morgan fingerprint density at radius 1 is 0.717 bits per heavy atom. The number of thiophene rings is 2. The number of fused-ring (bicyclic) bond motifs is 4. The van der Waals surface area contributed by atoms with Crippen molar-refractivity contribution in [1.82, 2.24) is 9.97 Å². The minimum absolute atomic E-state index is 0.187. The van der Waals surface area contributed by atoms with Crippen LogP contribution in [0.5, 0.6) is 11.5 Å². The summed E-state index contributed by atoms with van der Waals surface area (Å²) >= 11 is 2.72. The van der Waals surface area contributed by atoms with Crippen LogP contribution in [0.15, 0.2) is 61.2 Å².